The number of rotatable bonds is 7. The summed E-state index contributed by atoms with van der Waals surface area (Å²) in [6, 6.07) is 0. The van der Waals surface area contributed by atoms with Crippen molar-refractivity contribution in [1.29, 1.82) is 0 Å². The topological polar surface area (TPSA) is 65.0 Å². The van der Waals surface area contributed by atoms with Crippen molar-refractivity contribution < 1.29 is 23.2 Å². The summed E-state index contributed by atoms with van der Waals surface area (Å²) in [6.07, 6.45) is 1.74. The predicted molar refractivity (Wildman–Crippen MR) is 48.7 cm³/mol. The van der Waals surface area contributed by atoms with Crippen molar-refractivity contribution in [2.45, 2.75) is 19.8 Å². The second-order valence-electron chi connectivity index (χ2n) is 2.47. The predicted octanol–water partition coefficient (Wildman–Crippen LogP) is 1.29. The highest BCUT2D eigenvalue weighted by Crippen LogP contribution is 2.09. The molecule has 0 saturated carbocycles. The minimum atomic E-state index is -3.44. The van der Waals surface area contributed by atoms with Crippen LogP contribution in [0.4, 0.5) is 4.79 Å². The van der Waals surface area contributed by atoms with Gasteiger partial charge in [0.05, 0.1) is 0 Å². The minimum Gasteiger partial charge on any atom is -0.479 e. The molecular weight excluding hydrogens is 192 g/mol. The minimum absolute atomic E-state index is 0.358. The van der Waals surface area contributed by atoms with Crippen molar-refractivity contribution in [3.8, 4) is 0 Å². The molecule has 5 nitrogen and oxygen atoms in total. The van der Waals surface area contributed by atoms with Gasteiger partial charge in [0.15, 0.2) is 0 Å². The van der Waals surface area contributed by atoms with Crippen molar-refractivity contribution in [3.63, 3.8) is 0 Å². The monoisotopic (exact) mass is 208 g/mol. The molecule has 0 spiro atoms. The van der Waals surface area contributed by atoms with Gasteiger partial charge >= 0.3 is 14.4 Å². The van der Waals surface area contributed by atoms with Crippen LogP contribution in [0.25, 0.3) is 0 Å². The Morgan fingerprint density at radius 1 is 1.38 bits per heavy atom. The molecule has 6 heteroatoms. The van der Waals surface area contributed by atoms with Gasteiger partial charge in [-0.2, -0.15) is 0 Å². The van der Waals surface area contributed by atoms with E-state index >= 15 is 0 Å². The van der Waals surface area contributed by atoms with Crippen LogP contribution in [0, 0.1) is 0 Å². The lowest BCUT2D eigenvalue weighted by atomic mass is 10.4. The maximum Gasteiger partial charge on any atom is 0.620 e. The van der Waals surface area contributed by atoms with Gasteiger partial charge in [-0.1, -0.05) is 13.3 Å². The van der Waals surface area contributed by atoms with Gasteiger partial charge in [0.1, 0.15) is 0 Å². The van der Waals surface area contributed by atoms with E-state index in [-0.39, 0.29) is 0 Å². The summed E-state index contributed by atoms with van der Waals surface area (Å²) >= 11 is 0. The Morgan fingerprint density at radius 3 is 2.23 bits per heavy atom. The number of hydrogen-bond acceptors (Lipinski definition) is 4. The fraction of sp³-hybridized carbons (Fsp3) is 0.857. The molecule has 0 aliphatic heterocycles. The Kier molecular flexibility index (Phi) is 5.88. The second kappa shape index (κ2) is 6.09. The molecule has 1 N–H and O–H groups in total. The molecule has 0 heterocycles. The lowest BCUT2D eigenvalue weighted by Crippen LogP contribution is -2.51. The lowest BCUT2D eigenvalue weighted by Gasteiger charge is -2.21. The van der Waals surface area contributed by atoms with E-state index in [1.807, 2.05) is 6.92 Å². The van der Waals surface area contributed by atoms with Crippen LogP contribution in [0.5, 0.6) is 0 Å². The zero-order valence-electron chi connectivity index (χ0n) is 8.20. The van der Waals surface area contributed by atoms with Gasteiger partial charge in [0.25, 0.3) is 0 Å². The van der Waals surface area contributed by atoms with Gasteiger partial charge in [-0.3, -0.25) is 0 Å². The zero-order chi connectivity index (χ0) is 10.3. The Balaban J connectivity index is 4.14. The van der Waals surface area contributed by atoms with Crippen molar-refractivity contribution in [2.24, 2.45) is 0 Å². The smallest absolute Gasteiger partial charge is 0.479 e. The van der Waals surface area contributed by atoms with Crippen molar-refractivity contribution >= 4 is 14.4 Å². The first-order valence-corrected chi connectivity index (χ1v) is 5.83. The molecule has 0 amide bonds. The molecular formula is C7H16O5Si. The van der Waals surface area contributed by atoms with Crippen molar-refractivity contribution in [1.82, 2.24) is 0 Å². The third-order valence-electron chi connectivity index (χ3n) is 1.59. The Morgan fingerprint density at radius 2 is 1.92 bits per heavy atom. The summed E-state index contributed by atoms with van der Waals surface area (Å²) in [5, 5.41) is 8.81. The van der Waals surface area contributed by atoms with Gasteiger partial charge in [-0.05, 0) is 6.42 Å². The summed E-state index contributed by atoms with van der Waals surface area (Å²) in [7, 11) is -0.866. The van der Waals surface area contributed by atoms with Crippen molar-refractivity contribution in [3.05, 3.63) is 0 Å². The standard InChI is InChI=1S/C7H16O5Si/c1-4-5-6-12-13(10-2,11-3)7(8)9/h4-6H2,1-3H3,(H,8,9). The van der Waals surface area contributed by atoms with Gasteiger partial charge in [-0.15, -0.1) is 0 Å². The van der Waals surface area contributed by atoms with Crippen LogP contribution in [0.1, 0.15) is 19.8 Å². The quantitative estimate of drug-likeness (QED) is 0.504. The van der Waals surface area contributed by atoms with Crippen LogP contribution < -0.4 is 0 Å². The highest BCUT2D eigenvalue weighted by molar-refractivity contribution is 6.90. The average Bonchev–Trinajstić information content (AvgIpc) is 2.13. The van der Waals surface area contributed by atoms with E-state index in [0.29, 0.717) is 6.61 Å². The number of carboxylic acid groups (broad SMARTS) is 1. The van der Waals surface area contributed by atoms with Gasteiger partial charge in [-0.25, -0.2) is 4.79 Å². The average molecular weight is 208 g/mol. The Bertz CT molecular complexity index is 157. The van der Waals surface area contributed by atoms with E-state index in [1.54, 1.807) is 0 Å². The first kappa shape index (κ1) is 12.6. The number of carbonyl (C=O) groups is 1. The summed E-state index contributed by atoms with van der Waals surface area (Å²) in [5.74, 6) is 0. The SMILES string of the molecule is CCCCO[Si](OC)(OC)C(=O)O. The normalized spacial score (nSPS) is 11.6. The van der Waals surface area contributed by atoms with E-state index in [0.717, 1.165) is 12.8 Å². The van der Waals surface area contributed by atoms with Crippen molar-refractivity contribution in [2.75, 3.05) is 20.8 Å². The van der Waals surface area contributed by atoms with Crippen LogP contribution >= 0.6 is 0 Å². The van der Waals surface area contributed by atoms with Crippen LogP contribution in [-0.4, -0.2) is 40.3 Å². The number of hydrogen-bond donors (Lipinski definition) is 1. The zero-order valence-corrected chi connectivity index (χ0v) is 9.20. The van der Waals surface area contributed by atoms with Crippen LogP contribution in [0.15, 0.2) is 0 Å². The molecule has 0 rings (SSSR count). The molecule has 0 saturated heterocycles. The molecule has 0 aromatic heterocycles. The lowest BCUT2D eigenvalue weighted by molar-refractivity contribution is 0.0913. The molecule has 0 atom stereocenters. The Hall–Kier alpha value is -0.433. The second-order valence-corrected chi connectivity index (χ2v) is 5.12. The van der Waals surface area contributed by atoms with Gasteiger partial charge in [0.2, 0.25) is 0 Å². The van der Waals surface area contributed by atoms with Crippen LogP contribution in [0.2, 0.25) is 0 Å². The van der Waals surface area contributed by atoms with Gasteiger partial charge < -0.3 is 18.4 Å². The molecule has 0 fully saturated rings. The maximum absolute atomic E-state index is 10.8. The number of unbranched alkanes of at least 4 members (excludes halogenated alkanes) is 1. The molecule has 78 valence electrons. The molecule has 0 bridgehead atoms. The van der Waals surface area contributed by atoms with Gasteiger partial charge in [0, 0.05) is 20.8 Å². The third kappa shape index (κ3) is 3.43. The molecule has 0 aliphatic rings. The summed E-state index contributed by atoms with van der Waals surface area (Å²) < 4.78 is 14.7. The largest absolute Gasteiger partial charge is 0.620 e. The maximum atomic E-state index is 10.8. The van der Waals surface area contributed by atoms with E-state index < -0.39 is 14.4 Å². The van der Waals surface area contributed by atoms with E-state index in [2.05, 4.69) is 0 Å². The first-order valence-electron chi connectivity index (χ1n) is 4.10. The summed E-state index contributed by atoms with van der Waals surface area (Å²) in [5.41, 5.74) is -1.14. The van der Waals surface area contributed by atoms with Crippen LogP contribution in [0.3, 0.4) is 0 Å². The fourth-order valence-electron chi connectivity index (χ4n) is 0.788. The molecule has 0 radical (unpaired) electrons. The fourth-order valence-corrected chi connectivity index (χ4v) is 2.08. The van der Waals surface area contributed by atoms with E-state index in [1.165, 1.54) is 14.2 Å². The summed E-state index contributed by atoms with van der Waals surface area (Å²) in [4.78, 5) is 10.8. The van der Waals surface area contributed by atoms with E-state index in [4.69, 9.17) is 18.4 Å². The Labute approximate surface area is 79.0 Å². The highest BCUT2D eigenvalue weighted by atomic mass is 28.4. The molecule has 13 heavy (non-hydrogen) atoms. The first-order chi connectivity index (χ1) is 6.13. The van der Waals surface area contributed by atoms with Crippen LogP contribution in [-0.2, 0) is 13.3 Å². The molecule has 0 aromatic carbocycles. The van der Waals surface area contributed by atoms with E-state index in [9.17, 15) is 4.79 Å². The highest BCUT2D eigenvalue weighted by Gasteiger charge is 2.49. The summed E-state index contributed by atoms with van der Waals surface area (Å²) in [6.45, 7) is 2.35. The third-order valence-corrected chi connectivity index (χ3v) is 3.77. The molecule has 0 unspecified atom stereocenters. The molecule has 0 aliphatic carbocycles. The molecule has 0 aromatic rings.